The van der Waals surface area contributed by atoms with Crippen molar-refractivity contribution in [2.75, 3.05) is 17.7 Å². The number of nitrogens with zero attached hydrogens (tertiary/aromatic N) is 3. The Labute approximate surface area is 200 Å². The van der Waals surface area contributed by atoms with Crippen molar-refractivity contribution in [3.8, 4) is 17.0 Å². The Hall–Kier alpha value is -3.81. The highest BCUT2D eigenvalue weighted by Crippen LogP contribution is 2.24. The summed E-state index contributed by atoms with van der Waals surface area (Å²) in [6, 6.07) is 21.2. The number of hydrogen-bond acceptors (Lipinski definition) is 4. The number of hydrogen-bond donors (Lipinski definition) is 2. The molecule has 9 heteroatoms. The molecular weight excluding hydrogens is 461 g/mol. The van der Waals surface area contributed by atoms with Gasteiger partial charge in [0.25, 0.3) is 0 Å². The lowest BCUT2D eigenvalue weighted by Crippen LogP contribution is -2.21. The van der Waals surface area contributed by atoms with E-state index in [2.05, 4.69) is 20.7 Å². The SMILES string of the molecule is COc1ccc(-c2cn(/N=C\c3ccc(Cl)cc3Cl)c(NC(=O)Nc3ccccc3)n2)cc1. The summed E-state index contributed by atoms with van der Waals surface area (Å²) in [5, 5.41) is 10.9. The van der Waals surface area contributed by atoms with Gasteiger partial charge < -0.3 is 10.1 Å². The number of methoxy groups -OCH3 is 1. The van der Waals surface area contributed by atoms with Crippen molar-refractivity contribution < 1.29 is 9.53 Å². The lowest BCUT2D eigenvalue weighted by molar-refractivity contribution is 0.262. The molecule has 0 fully saturated rings. The number of rotatable bonds is 6. The molecule has 7 nitrogen and oxygen atoms in total. The van der Waals surface area contributed by atoms with Crippen molar-refractivity contribution in [3.05, 3.63) is 94.6 Å². The second-order valence-corrected chi connectivity index (χ2v) is 7.72. The standard InChI is InChI=1S/C24H19Cl2N5O2/c1-33-20-11-8-16(9-12-20)22-15-31(27-14-17-7-10-18(25)13-21(17)26)23(29-22)30-24(32)28-19-5-3-2-4-6-19/h2-15H,1H3,(H2,28,29,30,32)/b27-14-. The number of ether oxygens (including phenoxy) is 1. The van der Waals surface area contributed by atoms with Crippen LogP contribution >= 0.6 is 23.2 Å². The van der Waals surface area contributed by atoms with Crippen molar-refractivity contribution >= 4 is 47.1 Å². The monoisotopic (exact) mass is 479 g/mol. The van der Waals surface area contributed by atoms with Crippen LogP contribution in [0.3, 0.4) is 0 Å². The Morgan fingerprint density at radius 3 is 2.48 bits per heavy atom. The molecule has 4 rings (SSSR count). The maximum atomic E-state index is 12.5. The van der Waals surface area contributed by atoms with Gasteiger partial charge in [-0.2, -0.15) is 5.10 Å². The van der Waals surface area contributed by atoms with Crippen LogP contribution in [-0.2, 0) is 0 Å². The topological polar surface area (TPSA) is 80.5 Å². The van der Waals surface area contributed by atoms with Crippen molar-refractivity contribution in [2.24, 2.45) is 5.10 Å². The molecule has 33 heavy (non-hydrogen) atoms. The highest BCUT2D eigenvalue weighted by molar-refractivity contribution is 6.36. The highest BCUT2D eigenvalue weighted by atomic mass is 35.5. The van der Waals surface area contributed by atoms with Crippen molar-refractivity contribution in [2.45, 2.75) is 0 Å². The van der Waals surface area contributed by atoms with E-state index in [4.69, 9.17) is 27.9 Å². The van der Waals surface area contributed by atoms with Gasteiger partial charge in [0, 0.05) is 21.8 Å². The van der Waals surface area contributed by atoms with Crippen LogP contribution in [0.15, 0.2) is 84.1 Å². The zero-order chi connectivity index (χ0) is 23.2. The number of aromatic nitrogens is 2. The highest BCUT2D eigenvalue weighted by Gasteiger charge is 2.13. The van der Waals surface area contributed by atoms with Crippen molar-refractivity contribution in [1.82, 2.24) is 9.66 Å². The van der Waals surface area contributed by atoms with E-state index in [9.17, 15) is 4.79 Å². The average Bonchev–Trinajstić information content (AvgIpc) is 3.21. The first kappa shape index (κ1) is 22.4. The van der Waals surface area contributed by atoms with Crippen LogP contribution in [-0.4, -0.2) is 29.0 Å². The summed E-state index contributed by atoms with van der Waals surface area (Å²) in [6.45, 7) is 0. The van der Waals surface area contributed by atoms with Gasteiger partial charge in [-0.3, -0.25) is 5.32 Å². The molecule has 1 heterocycles. The van der Waals surface area contributed by atoms with E-state index >= 15 is 0 Å². The van der Waals surface area contributed by atoms with Gasteiger partial charge in [0.1, 0.15) is 5.75 Å². The Morgan fingerprint density at radius 2 is 1.79 bits per heavy atom. The van der Waals surface area contributed by atoms with Gasteiger partial charge >= 0.3 is 6.03 Å². The molecule has 0 saturated carbocycles. The number of nitrogens with one attached hydrogen (secondary N) is 2. The fraction of sp³-hybridized carbons (Fsp3) is 0.0417. The van der Waals surface area contributed by atoms with Crippen LogP contribution in [0.2, 0.25) is 10.0 Å². The molecule has 0 radical (unpaired) electrons. The smallest absolute Gasteiger partial charge is 0.326 e. The predicted molar refractivity (Wildman–Crippen MR) is 133 cm³/mol. The first-order valence-electron chi connectivity index (χ1n) is 9.88. The predicted octanol–water partition coefficient (Wildman–Crippen LogP) is 6.39. The Bertz CT molecular complexity index is 1290. The molecule has 4 aromatic rings. The Morgan fingerprint density at radius 1 is 1.03 bits per heavy atom. The van der Waals surface area contributed by atoms with Gasteiger partial charge in [-0.1, -0.05) is 47.5 Å². The van der Waals surface area contributed by atoms with Gasteiger partial charge in [-0.05, 0) is 48.5 Å². The summed E-state index contributed by atoms with van der Waals surface area (Å²) < 4.78 is 6.68. The van der Waals surface area contributed by atoms with E-state index < -0.39 is 6.03 Å². The third-order valence-electron chi connectivity index (χ3n) is 4.61. The average molecular weight is 480 g/mol. The molecule has 0 saturated heterocycles. The molecule has 1 aromatic heterocycles. The minimum Gasteiger partial charge on any atom is -0.497 e. The van der Waals surface area contributed by atoms with Gasteiger partial charge in [0.05, 0.1) is 30.2 Å². The van der Waals surface area contributed by atoms with Crippen LogP contribution in [0.5, 0.6) is 5.75 Å². The number of benzene rings is 3. The molecule has 0 aliphatic rings. The van der Waals surface area contributed by atoms with Gasteiger partial charge in [-0.15, -0.1) is 0 Å². The molecule has 3 aromatic carbocycles. The van der Waals surface area contributed by atoms with Crippen molar-refractivity contribution in [1.29, 1.82) is 0 Å². The largest absolute Gasteiger partial charge is 0.497 e. The van der Waals surface area contributed by atoms with E-state index in [1.807, 2.05) is 42.5 Å². The second kappa shape index (κ2) is 10.2. The lowest BCUT2D eigenvalue weighted by Gasteiger charge is -2.07. The van der Waals surface area contributed by atoms with Crippen LogP contribution in [0.4, 0.5) is 16.4 Å². The Balaban J connectivity index is 1.64. The molecule has 0 atom stereocenters. The molecule has 166 valence electrons. The molecule has 0 aliphatic heterocycles. The second-order valence-electron chi connectivity index (χ2n) is 6.88. The minimum atomic E-state index is -0.450. The molecule has 0 unspecified atom stereocenters. The molecule has 0 bridgehead atoms. The summed E-state index contributed by atoms with van der Waals surface area (Å²) in [7, 11) is 1.60. The van der Waals surface area contributed by atoms with Gasteiger partial charge in [0.2, 0.25) is 5.95 Å². The molecule has 2 N–H and O–H groups in total. The van der Waals surface area contributed by atoms with Gasteiger partial charge in [-0.25, -0.2) is 14.5 Å². The van der Waals surface area contributed by atoms with Gasteiger partial charge in [0.15, 0.2) is 0 Å². The number of imidazole rings is 1. The third-order valence-corrected chi connectivity index (χ3v) is 5.18. The molecular formula is C24H19Cl2N5O2. The number of amides is 2. The zero-order valence-electron chi connectivity index (χ0n) is 17.5. The summed E-state index contributed by atoms with van der Waals surface area (Å²) in [4.78, 5) is 17.1. The zero-order valence-corrected chi connectivity index (χ0v) is 19.0. The normalized spacial score (nSPS) is 10.9. The number of urea groups is 1. The van der Waals surface area contributed by atoms with E-state index in [0.717, 1.165) is 11.3 Å². The Kier molecular flexibility index (Phi) is 6.92. The molecule has 2 amide bonds. The minimum absolute atomic E-state index is 0.232. The first-order valence-corrected chi connectivity index (χ1v) is 10.6. The summed E-state index contributed by atoms with van der Waals surface area (Å²) in [5.41, 5.74) is 2.77. The third kappa shape index (κ3) is 5.71. The van der Waals surface area contributed by atoms with Crippen LogP contribution in [0.25, 0.3) is 11.3 Å². The van der Waals surface area contributed by atoms with E-state index in [0.29, 0.717) is 27.0 Å². The maximum Gasteiger partial charge on any atom is 0.326 e. The summed E-state index contributed by atoms with van der Waals surface area (Å²) in [6.07, 6.45) is 3.28. The quantitative estimate of drug-likeness (QED) is 0.314. The summed E-state index contributed by atoms with van der Waals surface area (Å²) >= 11 is 12.2. The van der Waals surface area contributed by atoms with Crippen LogP contribution < -0.4 is 15.4 Å². The first-order chi connectivity index (χ1) is 16.0. The number of para-hydroxylation sites is 1. The van der Waals surface area contributed by atoms with Crippen LogP contribution in [0.1, 0.15) is 5.56 Å². The molecule has 0 aliphatic carbocycles. The van der Waals surface area contributed by atoms with Crippen LogP contribution in [0, 0.1) is 0 Å². The van der Waals surface area contributed by atoms with Crippen molar-refractivity contribution in [3.63, 3.8) is 0 Å². The van der Waals surface area contributed by atoms with E-state index in [1.165, 1.54) is 4.68 Å². The number of carbonyl (C=O) groups is 1. The number of halogens is 2. The lowest BCUT2D eigenvalue weighted by atomic mass is 10.2. The maximum absolute atomic E-state index is 12.5. The molecule has 0 spiro atoms. The fourth-order valence-electron chi connectivity index (χ4n) is 2.96. The van der Waals surface area contributed by atoms with E-state index in [1.54, 1.807) is 49.9 Å². The number of carbonyl (C=O) groups excluding carboxylic acids is 1. The number of anilines is 2. The summed E-state index contributed by atoms with van der Waals surface area (Å²) in [5.74, 6) is 0.963. The van der Waals surface area contributed by atoms with E-state index in [-0.39, 0.29) is 5.95 Å². The fourth-order valence-corrected chi connectivity index (χ4v) is 3.42.